The molecular formula is C18H24N2O4. The summed E-state index contributed by atoms with van der Waals surface area (Å²) in [5.41, 5.74) is 3.18. The molecule has 1 aromatic rings. The van der Waals surface area contributed by atoms with Crippen molar-refractivity contribution in [3.05, 3.63) is 34.4 Å². The number of rotatable bonds is 1. The molecule has 2 aliphatic rings. The number of hydrogen-bond donors (Lipinski definition) is 1. The third-order valence-corrected chi connectivity index (χ3v) is 4.20. The van der Waals surface area contributed by atoms with Gasteiger partial charge in [0.15, 0.2) is 0 Å². The molecule has 1 saturated heterocycles. The number of ether oxygens (including phenoxy) is 2. The number of morpholine rings is 1. The Morgan fingerprint density at radius 1 is 1.38 bits per heavy atom. The molecular weight excluding hydrogens is 308 g/mol. The lowest BCUT2D eigenvalue weighted by Gasteiger charge is -2.34. The van der Waals surface area contributed by atoms with Crippen LogP contribution in [-0.4, -0.2) is 42.2 Å². The minimum atomic E-state index is -0.513. The minimum Gasteiger partial charge on any atom is -0.444 e. The fourth-order valence-corrected chi connectivity index (χ4v) is 3.15. The summed E-state index contributed by atoms with van der Waals surface area (Å²) in [5.74, 6) is -0.0194. The predicted molar refractivity (Wildman–Crippen MR) is 88.8 cm³/mol. The second-order valence-corrected chi connectivity index (χ2v) is 7.34. The van der Waals surface area contributed by atoms with E-state index in [4.69, 9.17) is 9.47 Å². The Bertz CT molecular complexity index is 678. The van der Waals surface area contributed by atoms with Crippen molar-refractivity contribution >= 4 is 12.0 Å². The van der Waals surface area contributed by atoms with Gasteiger partial charge in [0.05, 0.1) is 13.2 Å². The van der Waals surface area contributed by atoms with E-state index in [-0.39, 0.29) is 18.1 Å². The van der Waals surface area contributed by atoms with E-state index >= 15 is 0 Å². The van der Waals surface area contributed by atoms with E-state index < -0.39 is 5.60 Å². The summed E-state index contributed by atoms with van der Waals surface area (Å²) < 4.78 is 11.3. The normalized spacial score (nSPS) is 20.6. The van der Waals surface area contributed by atoms with Crippen LogP contribution in [0.1, 0.15) is 53.9 Å². The Labute approximate surface area is 142 Å². The second kappa shape index (κ2) is 6.09. The van der Waals surface area contributed by atoms with Gasteiger partial charge in [0.2, 0.25) is 0 Å². The van der Waals surface area contributed by atoms with Crippen LogP contribution >= 0.6 is 0 Å². The van der Waals surface area contributed by atoms with Gasteiger partial charge in [-0.25, -0.2) is 4.79 Å². The monoisotopic (exact) mass is 332 g/mol. The van der Waals surface area contributed by atoms with Gasteiger partial charge in [0, 0.05) is 18.7 Å². The van der Waals surface area contributed by atoms with E-state index in [1.165, 1.54) is 0 Å². The Balaban J connectivity index is 1.77. The number of amides is 2. The molecule has 1 fully saturated rings. The van der Waals surface area contributed by atoms with Crippen molar-refractivity contribution in [2.75, 3.05) is 19.7 Å². The summed E-state index contributed by atoms with van der Waals surface area (Å²) >= 11 is 0. The van der Waals surface area contributed by atoms with Gasteiger partial charge in [-0.1, -0.05) is 12.1 Å². The van der Waals surface area contributed by atoms with E-state index in [1.807, 2.05) is 39.8 Å². The summed E-state index contributed by atoms with van der Waals surface area (Å²) in [6.45, 7) is 9.50. The van der Waals surface area contributed by atoms with Crippen molar-refractivity contribution in [2.45, 2.75) is 45.9 Å². The van der Waals surface area contributed by atoms with Gasteiger partial charge < -0.3 is 19.7 Å². The Hall–Kier alpha value is -2.08. The highest BCUT2D eigenvalue weighted by atomic mass is 16.6. The van der Waals surface area contributed by atoms with Crippen LogP contribution in [0, 0.1) is 6.92 Å². The highest BCUT2D eigenvalue weighted by Crippen LogP contribution is 2.29. The number of aryl methyl sites for hydroxylation is 1. The molecule has 2 amide bonds. The van der Waals surface area contributed by atoms with Crippen molar-refractivity contribution in [2.24, 2.45) is 0 Å². The van der Waals surface area contributed by atoms with Crippen molar-refractivity contribution in [1.29, 1.82) is 0 Å². The molecule has 3 rings (SSSR count). The SMILES string of the molecule is Cc1cc(C2CN(C(=O)OC(C)(C)C)CCO2)cc2c1C(=O)NC2. The predicted octanol–water partition coefficient (Wildman–Crippen LogP) is 2.55. The standard InChI is InChI=1S/C18H24N2O4/c1-11-7-12(8-13-9-19-16(21)15(11)13)14-10-20(5-6-23-14)17(22)24-18(2,3)4/h7-8,14H,5-6,9-10H2,1-4H3,(H,19,21). The first-order valence-electron chi connectivity index (χ1n) is 8.26. The smallest absolute Gasteiger partial charge is 0.410 e. The minimum absolute atomic E-state index is 0.0194. The zero-order valence-electron chi connectivity index (χ0n) is 14.6. The van der Waals surface area contributed by atoms with Crippen molar-refractivity contribution in [3.8, 4) is 0 Å². The fourth-order valence-electron chi connectivity index (χ4n) is 3.15. The molecule has 2 aliphatic heterocycles. The largest absolute Gasteiger partial charge is 0.444 e. The maximum absolute atomic E-state index is 12.3. The number of hydrogen-bond acceptors (Lipinski definition) is 4. The average Bonchev–Trinajstić information content (AvgIpc) is 2.87. The zero-order chi connectivity index (χ0) is 17.5. The van der Waals surface area contributed by atoms with Gasteiger partial charge in [-0.3, -0.25) is 4.79 Å². The van der Waals surface area contributed by atoms with Crippen molar-refractivity contribution in [3.63, 3.8) is 0 Å². The molecule has 2 heterocycles. The lowest BCUT2D eigenvalue weighted by molar-refractivity contribution is -0.0433. The molecule has 130 valence electrons. The third kappa shape index (κ3) is 3.38. The lowest BCUT2D eigenvalue weighted by Crippen LogP contribution is -2.44. The maximum Gasteiger partial charge on any atom is 0.410 e. The molecule has 6 heteroatoms. The van der Waals surface area contributed by atoms with Gasteiger partial charge in [-0.2, -0.15) is 0 Å². The Morgan fingerprint density at radius 3 is 2.83 bits per heavy atom. The van der Waals surface area contributed by atoms with E-state index in [1.54, 1.807) is 4.90 Å². The third-order valence-electron chi connectivity index (χ3n) is 4.20. The molecule has 0 radical (unpaired) electrons. The van der Waals surface area contributed by atoms with Gasteiger partial charge in [0.25, 0.3) is 5.91 Å². The summed E-state index contributed by atoms with van der Waals surface area (Å²) in [5, 5.41) is 2.84. The quantitative estimate of drug-likeness (QED) is 0.858. The van der Waals surface area contributed by atoms with Crippen LogP contribution in [0.25, 0.3) is 0 Å². The van der Waals surface area contributed by atoms with Crippen molar-refractivity contribution in [1.82, 2.24) is 10.2 Å². The number of nitrogens with zero attached hydrogens (tertiary/aromatic N) is 1. The highest BCUT2D eigenvalue weighted by Gasteiger charge is 2.30. The topological polar surface area (TPSA) is 67.9 Å². The highest BCUT2D eigenvalue weighted by molar-refractivity contribution is 5.99. The van der Waals surface area contributed by atoms with E-state index in [0.29, 0.717) is 26.2 Å². The molecule has 0 bridgehead atoms. The van der Waals surface area contributed by atoms with Gasteiger partial charge >= 0.3 is 6.09 Å². The summed E-state index contributed by atoms with van der Waals surface area (Å²) in [4.78, 5) is 25.8. The lowest BCUT2D eigenvalue weighted by atomic mass is 9.97. The first-order valence-corrected chi connectivity index (χ1v) is 8.26. The van der Waals surface area contributed by atoms with Crippen LogP contribution in [0.3, 0.4) is 0 Å². The van der Waals surface area contributed by atoms with Crippen LogP contribution in [0.2, 0.25) is 0 Å². The molecule has 0 aromatic heterocycles. The Morgan fingerprint density at radius 2 is 2.12 bits per heavy atom. The molecule has 24 heavy (non-hydrogen) atoms. The first kappa shape index (κ1) is 16.8. The number of fused-ring (bicyclic) bond motifs is 1. The van der Waals surface area contributed by atoms with Gasteiger partial charge in [0.1, 0.15) is 11.7 Å². The summed E-state index contributed by atoms with van der Waals surface area (Å²) in [6.07, 6.45) is -0.517. The van der Waals surface area contributed by atoms with Gasteiger partial charge in [-0.05, 0) is 44.4 Å². The summed E-state index contributed by atoms with van der Waals surface area (Å²) in [7, 11) is 0. The fraction of sp³-hybridized carbons (Fsp3) is 0.556. The molecule has 1 unspecified atom stereocenters. The zero-order valence-corrected chi connectivity index (χ0v) is 14.6. The maximum atomic E-state index is 12.3. The van der Waals surface area contributed by atoms with E-state index in [9.17, 15) is 9.59 Å². The van der Waals surface area contributed by atoms with E-state index in [0.717, 1.165) is 22.3 Å². The molecule has 0 saturated carbocycles. The average molecular weight is 332 g/mol. The van der Waals surface area contributed by atoms with Crippen LogP contribution in [0.15, 0.2) is 12.1 Å². The molecule has 1 aromatic carbocycles. The number of nitrogens with one attached hydrogen (secondary N) is 1. The van der Waals surface area contributed by atoms with Crippen LogP contribution in [0.4, 0.5) is 4.79 Å². The van der Waals surface area contributed by atoms with Gasteiger partial charge in [-0.15, -0.1) is 0 Å². The number of carbonyl (C=O) groups is 2. The molecule has 0 spiro atoms. The molecule has 6 nitrogen and oxygen atoms in total. The number of benzene rings is 1. The second-order valence-electron chi connectivity index (χ2n) is 7.34. The van der Waals surface area contributed by atoms with Crippen LogP contribution in [-0.2, 0) is 16.0 Å². The van der Waals surface area contributed by atoms with E-state index in [2.05, 4.69) is 5.32 Å². The first-order chi connectivity index (χ1) is 11.2. The summed E-state index contributed by atoms with van der Waals surface area (Å²) in [6, 6.07) is 3.98. The van der Waals surface area contributed by atoms with Crippen molar-refractivity contribution < 1.29 is 19.1 Å². The molecule has 1 N–H and O–H groups in total. The van der Waals surface area contributed by atoms with Crippen LogP contribution in [0.5, 0.6) is 0 Å². The Kier molecular flexibility index (Phi) is 4.25. The number of carbonyl (C=O) groups excluding carboxylic acids is 2. The van der Waals surface area contributed by atoms with Crippen LogP contribution < -0.4 is 5.32 Å². The molecule has 0 aliphatic carbocycles. The molecule has 1 atom stereocenters.